The summed E-state index contributed by atoms with van der Waals surface area (Å²) in [5, 5.41) is 9.56. The molecule has 0 bridgehead atoms. The second kappa shape index (κ2) is 10.5. The normalized spacial score (nSPS) is 19.2. The molecule has 37 heavy (non-hydrogen) atoms. The highest BCUT2D eigenvalue weighted by atomic mass is 35.5. The number of rotatable bonds is 6. The van der Waals surface area contributed by atoms with Gasteiger partial charge in [0.15, 0.2) is 0 Å². The Morgan fingerprint density at radius 2 is 1.92 bits per heavy atom. The number of ether oxygens (including phenoxy) is 1. The number of amides is 1. The molecule has 1 fully saturated rings. The van der Waals surface area contributed by atoms with Crippen LogP contribution < -0.4 is 9.64 Å². The molecule has 1 unspecified atom stereocenters. The number of hydrogen-bond acceptors (Lipinski definition) is 6. The highest BCUT2D eigenvalue weighted by Crippen LogP contribution is 2.44. The fourth-order valence-electron chi connectivity index (χ4n) is 5.93. The molecule has 5 rings (SSSR count). The molecule has 1 saturated heterocycles. The first kappa shape index (κ1) is 25.2. The van der Waals surface area contributed by atoms with Crippen LogP contribution >= 0.6 is 11.6 Å². The van der Waals surface area contributed by atoms with E-state index in [1.165, 1.54) is 0 Å². The fraction of sp³-hybridized carbons (Fsp3) is 0.357. The van der Waals surface area contributed by atoms with E-state index in [1.807, 2.05) is 31.3 Å². The molecule has 0 radical (unpaired) electrons. The van der Waals surface area contributed by atoms with Crippen LogP contribution in [0.3, 0.4) is 0 Å². The summed E-state index contributed by atoms with van der Waals surface area (Å²) in [7, 11) is 2.01. The van der Waals surface area contributed by atoms with E-state index in [4.69, 9.17) is 21.4 Å². The third kappa shape index (κ3) is 5.17. The average molecular weight is 522 g/mol. The second-order valence-electron chi connectivity index (χ2n) is 10.0. The third-order valence-corrected chi connectivity index (χ3v) is 8.10. The van der Waals surface area contributed by atoms with Gasteiger partial charge in [-0.3, -0.25) is 4.48 Å². The zero-order valence-corrected chi connectivity index (χ0v) is 21.5. The molecule has 1 amide bonds. The van der Waals surface area contributed by atoms with Crippen LogP contribution in [0.2, 0.25) is 5.02 Å². The molecule has 192 valence electrons. The zero-order valence-electron chi connectivity index (χ0n) is 20.7. The first-order valence-corrected chi connectivity index (χ1v) is 12.9. The lowest BCUT2D eigenvalue weighted by Gasteiger charge is -2.42. The summed E-state index contributed by atoms with van der Waals surface area (Å²) >= 11 is 6.51. The van der Waals surface area contributed by atoms with Gasteiger partial charge in [0.1, 0.15) is 23.9 Å². The minimum atomic E-state index is -1.35. The van der Waals surface area contributed by atoms with Gasteiger partial charge in [0.25, 0.3) is 0 Å². The predicted octanol–water partition coefficient (Wildman–Crippen LogP) is 5.38. The van der Waals surface area contributed by atoms with Crippen molar-refractivity contribution in [2.75, 3.05) is 31.6 Å². The summed E-state index contributed by atoms with van der Waals surface area (Å²) in [6, 6.07) is 14.4. The van der Waals surface area contributed by atoms with E-state index in [0.29, 0.717) is 23.0 Å². The molecule has 2 aliphatic rings. The van der Waals surface area contributed by atoms with Gasteiger partial charge in [0.05, 0.1) is 24.2 Å². The van der Waals surface area contributed by atoms with Gasteiger partial charge in [-0.05, 0) is 55.2 Å². The van der Waals surface area contributed by atoms with Crippen molar-refractivity contribution in [3.05, 3.63) is 82.8 Å². The molecule has 2 atom stereocenters. The van der Waals surface area contributed by atoms with Crippen molar-refractivity contribution in [3.8, 4) is 5.75 Å². The summed E-state index contributed by atoms with van der Waals surface area (Å²) in [5.41, 5.74) is 2.61. The number of quaternary nitrogens is 1. The van der Waals surface area contributed by atoms with Crippen LogP contribution in [-0.2, 0) is 6.42 Å². The molecule has 1 aromatic heterocycles. The average Bonchev–Trinajstić information content (AvgIpc) is 3.33. The number of fused-ring (bicyclic) bond motifs is 1. The van der Waals surface area contributed by atoms with E-state index in [1.54, 1.807) is 36.8 Å². The Bertz CT molecular complexity index is 1300. The summed E-state index contributed by atoms with van der Waals surface area (Å²) in [5.74, 6) is 1.50. The van der Waals surface area contributed by atoms with Crippen LogP contribution in [0.5, 0.6) is 5.75 Å². The Balaban J connectivity index is 1.45. The summed E-state index contributed by atoms with van der Waals surface area (Å²) in [4.78, 5) is 36.1. The first-order chi connectivity index (χ1) is 17.8. The number of benzene rings is 2. The third-order valence-electron chi connectivity index (χ3n) is 7.77. The minimum Gasteiger partial charge on any atom is -0.449 e. The van der Waals surface area contributed by atoms with Crippen LogP contribution in [0.4, 0.5) is 10.6 Å². The van der Waals surface area contributed by atoms with E-state index in [2.05, 4.69) is 14.9 Å². The monoisotopic (exact) mass is 521 g/mol. The van der Waals surface area contributed by atoms with E-state index in [-0.39, 0.29) is 22.2 Å². The van der Waals surface area contributed by atoms with Gasteiger partial charge in [-0.2, -0.15) is 0 Å². The topological polar surface area (TPSA) is 92.6 Å². The standard InChI is InChI=1S/C28H29ClN4O4/c1-33(27(34)22-4-2-3-5-24(22)29,17-19-11-14-32(15-12-19)26-10-13-30-18-31-26)25-9-7-20-6-8-21(16-23(20)25)37-28(35)36/h2-6,8,10,13,16,18-19,25H,7,9,11-12,14-15,17H2,1H3/p+1/t25-,33?/m1/s1. The van der Waals surface area contributed by atoms with Crippen molar-refractivity contribution < 1.29 is 23.9 Å². The quantitative estimate of drug-likeness (QED) is 0.264. The van der Waals surface area contributed by atoms with E-state index < -0.39 is 6.16 Å². The summed E-state index contributed by atoms with van der Waals surface area (Å²) in [6.45, 7) is 2.38. The van der Waals surface area contributed by atoms with E-state index in [9.17, 15) is 9.59 Å². The molecule has 9 heteroatoms. The SMILES string of the molecule is C[N+](CC1CCN(c2ccncn2)CC1)(C(=O)c1ccccc1Cl)[C@@H]1CCc2ccc(OC(=O)O)cc21. The lowest BCUT2D eigenvalue weighted by molar-refractivity contribution is -0.864. The Hall–Kier alpha value is -3.49. The van der Waals surface area contributed by atoms with Crippen molar-refractivity contribution in [3.63, 3.8) is 0 Å². The van der Waals surface area contributed by atoms with Crippen LogP contribution in [-0.4, -0.2) is 58.3 Å². The van der Waals surface area contributed by atoms with Crippen molar-refractivity contribution >= 4 is 29.5 Å². The number of hydrogen-bond donors (Lipinski definition) is 1. The molecule has 1 aliphatic heterocycles. The van der Waals surface area contributed by atoms with Crippen LogP contribution in [0, 0.1) is 5.92 Å². The number of carbonyl (C=O) groups is 2. The smallest absolute Gasteiger partial charge is 0.449 e. The summed E-state index contributed by atoms with van der Waals surface area (Å²) in [6.07, 6.45) is 5.46. The number of aromatic nitrogens is 2. The van der Waals surface area contributed by atoms with Gasteiger partial charge in [0.2, 0.25) is 0 Å². The molecule has 3 aromatic rings. The maximum atomic E-state index is 14.2. The molecular weight excluding hydrogens is 492 g/mol. The molecule has 0 saturated carbocycles. The highest BCUT2D eigenvalue weighted by molar-refractivity contribution is 6.33. The largest absolute Gasteiger partial charge is 0.511 e. The van der Waals surface area contributed by atoms with Gasteiger partial charge in [-0.1, -0.05) is 29.8 Å². The number of carbonyl (C=O) groups excluding carboxylic acids is 1. The molecular formula is C28H30ClN4O4+. The Labute approximate surface area is 221 Å². The number of halogens is 1. The van der Waals surface area contributed by atoms with Crippen molar-refractivity contribution in [1.82, 2.24) is 9.97 Å². The number of anilines is 1. The van der Waals surface area contributed by atoms with Crippen molar-refractivity contribution in [1.29, 1.82) is 0 Å². The van der Waals surface area contributed by atoms with Gasteiger partial charge in [-0.15, -0.1) is 0 Å². The lowest BCUT2D eigenvalue weighted by atomic mass is 9.92. The lowest BCUT2D eigenvalue weighted by Crippen LogP contribution is -2.55. The van der Waals surface area contributed by atoms with Gasteiger partial charge in [-0.25, -0.2) is 19.6 Å². The summed E-state index contributed by atoms with van der Waals surface area (Å²) < 4.78 is 5.13. The Morgan fingerprint density at radius 1 is 1.14 bits per heavy atom. The van der Waals surface area contributed by atoms with Crippen LogP contribution in [0.25, 0.3) is 0 Å². The van der Waals surface area contributed by atoms with Gasteiger partial charge < -0.3 is 14.7 Å². The number of nitrogens with zero attached hydrogens (tertiary/aromatic N) is 4. The fourth-order valence-corrected chi connectivity index (χ4v) is 6.14. The molecule has 0 spiro atoms. The molecule has 1 aliphatic carbocycles. The Morgan fingerprint density at radius 3 is 2.62 bits per heavy atom. The second-order valence-corrected chi connectivity index (χ2v) is 10.4. The maximum absolute atomic E-state index is 14.2. The first-order valence-electron chi connectivity index (χ1n) is 12.5. The predicted molar refractivity (Wildman–Crippen MR) is 140 cm³/mol. The highest BCUT2D eigenvalue weighted by Gasteiger charge is 2.47. The molecule has 2 heterocycles. The Kier molecular flexibility index (Phi) is 7.13. The van der Waals surface area contributed by atoms with Crippen LogP contribution in [0.15, 0.2) is 61.1 Å². The molecule has 2 aromatic carbocycles. The molecule has 1 N–H and O–H groups in total. The van der Waals surface area contributed by atoms with E-state index >= 15 is 0 Å². The molecule has 8 nitrogen and oxygen atoms in total. The number of piperidine rings is 1. The minimum absolute atomic E-state index is 0.0220. The van der Waals surface area contributed by atoms with Crippen LogP contribution in [0.1, 0.15) is 46.8 Å². The van der Waals surface area contributed by atoms with Crippen molar-refractivity contribution in [2.45, 2.75) is 31.7 Å². The van der Waals surface area contributed by atoms with Gasteiger partial charge in [0, 0.05) is 37.2 Å². The zero-order chi connectivity index (χ0) is 26.0. The van der Waals surface area contributed by atoms with E-state index in [0.717, 1.165) is 55.7 Å². The number of carboxylic acid groups (broad SMARTS) is 1. The number of aryl methyl sites for hydroxylation is 1. The van der Waals surface area contributed by atoms with Crippen molar-refractivity contribution in [2.24, 2.45) is 5.92 Å². The van der Waals surface area contributed by atoms with Gasteiger partial charge >= 0.3 is 12.1 Å². The maximum Gasteiger partial charge on any atom is 0.511 e.